The third-order valence-electron chi connectivity index (χ3n) is 2.42. The van der Waals surface area contributed by atoms with Crippen molar-refractivity contribution in [3.63, 3.8) is 0 Å². The number of aromatic nitrogens is 3. The number of aryl methyl sites for hydroxylation is 1. The van der Waals surface area contributed by atoms with Crippen LogP contribution in [0, 0.1) is 6.92 Å². The lowest BCUT2D eigenvalue weighted by molar-refractivity contribution is 0.687. The SMILES string of the molecule is CNC(=S)Nc1ncn(Cc2cccc(C)c2)n1. The summed E-state index contributed by atoms with van der Waals surface area (Å²) in [5.74, 6) is 0.502. The van der Waals surface area contributed by atoms with Gasteiger partial charge in [-0.15, -0.1) is 5.10 Å². The molecule has 0 spiro atoms. The second kappa shape index (κ2) is 5.59. The van der Waals surface area contributed by atoms with E-state index >= 15 is 0 Å². The van der Waals surface area contributed by atoms with Crippen LogP contribution in [0.3, 0.4) is 0 Å². The van der Waals surface area contributed by atoms with Crippen molar-refractivity contribution in [2.75, 3.05) is 12.4 Å². The lowest BCUT2D eigenvalue weighted by atomic mass is 10.1. The van der Waals surface area contributed by atoms with Gasteiger partial charge in [0.1, 0.15) is 6.33 Å². The van der Waals surface area contributed by atoms with Gasteiger partial charge >= 0.3 is 0 Å². The molecule has 0 radical (unpaired) electrons. The Kier molecular flexibility index (Phi) is 3.88. The van der Waals surface area contributed by atoms with Crippen LogP contribution < -0.4 is 10.6 Å². The molecule has 1 aromatic heterocycles. The highest BCUT2D eigenvalue weighted by molar-refractivity contribution is 7.80. The third kappa shape index (κ3) is 3.27. The molecule has 0 amide bonds. The summed E-state index contributed by atoms with van der Waals surface area (Å²) in [6, 6.07) is 8.31. The number of anilines is 1. The molecule has 2 N–H and O–H groups in total. The molecular formula is C12H15N5S. The van der Waals surface area contributed by atoms with Crippen molar-refractivity contribution in [2.24, 2.45) is 0 Å². The fourth-order valence-corrected chi connectivity index (χ4v) is 1.68. The molecule has 2 aromatic rings. The maximum atomic E-state index is 4.98. The maximum absolute atomic E-state index is 4.98. The van der Waals surface area contributed by atoms with Gasteiger partial charge in [-0.1, -0.05) is 29.8 Å². The number of hydrogen-bond acceptors (Lipinski definition) is 3. The molecule has 0 saturated carbocycles. The van der Waals surface area contributed by atoms with Crippen LogP contribution in [0.25, 0.3) is 0 Å². The molecule has 0 aliphatic rings. The van der Waals surface area contributed by atoms with E-state index in [1.165, 1.54) is 11.1 Å². The summed E-state index contributed by atoms with van der Waals surface area (Å²) in [6.07, 6.45) is 1.68. The Bertz CT molecular complexity index is 549. The summed E-state index contributed by atoms with van der Waals surface area (Å²) in [4.78, 5) is 4.14. The molecule has 0 saturated heterocycles. The highest BCUT2D eigenvalue weighted by Gasteiger charge is 2.02. The van der Waals surface area contributed by atoms with E-state index in [9.17, 15) is 0 Å². The highest BCUT2D eigenvalue weighted by Crippen LogP contribution is 2.06. The summed E-state index contributed by atoms with van der Waals surface area (Å²) in [7, 11) is 1.75. The first kappa shape index (κ1) is 12.5. The molecule has 0 aliphatic carbocycles. The summed E-state index contributed by atoms with van der Waals surface area (Å²) < 4.78 is 1.77. The molecule has 0 aliphatic heterocycles. The van der Waals surface area contributed by atoms with Crippen LogP contribution in [0.2, 0.25) is 0 Å². The van der Waals surface area contributed by atoms with Gasteiger partial charge in [-0.3, -0.25) is 5.32 Å². The topological polar surface area (TPSA) is 54.8 Å². The molecule has 1 heterocycles. The first-order chi connectivity index (χ1) is 8.67. The van der Waals surface area contributed by atoms with Crippen molar-refractivity contribution in [3.8, 4) is 0 Å². The van der Waals surface area contributed by atoms with Crippen LogP contribution in [0.5, 0.6) is 0 Å². The van der Waals surface area contributed by atoms with E-state index in [-0.39, 0.29) is 0 Å². The molecule has 0 bridgehead atoms. The number of thiocarbonyl (C=S) groups is 1. The lowest BCUT2D eigenvalue weighted by Gasteiger charge is -2.03. The van der Waals surface area contributed by atoms with Gasteiger partial charge in [0.25, 0.3) is 0 Å². The van der Waals surface area contributed by atoms with Crippen LogP contribution in [0.4, 0.5) is 5.95 Å². The van der Waals surface area contributed by atoms with Gasteiger partial charge in [-0.2, -0.15) is 0 Å². The molecular weight excluding hydrogens is 246 g/mol. The Labute approximate surface area is 111 Å². The largest absolute Gasteiger partial charge is 0.365 e. The van der Waals surface area contributed by atoms with Gasteiger partial charge < -0.3 is 5.32 Å². The van der Waals surface area contributed by atoms with Crippen LogP contribution in [0.1, 0.15) is 11.1 Å². The molecule has 0 unspecified atom stereocenters. The normalized spacial score (nSPS) is 10.1. The van der Waals surface area contributed by atoms with E-state index in [1.54, 1.807) is 18.1 Å². The van der Waals surface area contributed by atoms with Gasteiger partial charge in [0.05, 0.1) is 6.54 Å². The van der Waals surface area contributed by atoms with Gasteiger partial charge in [-0.25, -0.2) is 9.67 Å². The quantitative estimate of drug-likeness (QED) is 0.821. The fourth-order valence-electron chi connectivity index (χ4n) is 1.59. The van der Waals surface area contributed by atoms with Gasteiger partial charge in [0.15, 0.2) is 5.11 Å². The average molecular weight is 261 g/mol. The summed E-state index contributed by atoms with van der Waals surface area (Å²) in [5, 5.41) is 10.5. The number of benzene rings is 1. The van der Waals surface area contributed by atoms with E-state index in [4.69, 9.17) is 12.2 Å². The molecule has 1 aromatic carbocycles. The minimum absolute atomic E-state index is 0.502. The standard InChI is InChI=1S/C12H15N5S/c1-9-4-3-5-10(6-9)7-17-8-14-11(16-17)15-12(18)13-2/h3-6,8H,7H2,1-2H3,(H2,13,15,16,18). The minimum Gasteiger partial charge on any atom is -0.365 e. The second-order valence-electron chi connectivity index (χ2n) is 3.96. The highest BCUT2D eigenvalue weighted by atomic mass is 32.1. The van der Waals surface area contributed by atoms with Crippen LogP contribution in [0.15, 0.2) is 30.6 Å². The smallest absolute Gasteiger partial charge is 0.248 e. The number of nitrogens with one attached hydrogen (secondary N) is 2. The van der Waals surface area contributed by atoms with Gasteiger partial charge in [-0.05, 0) is 24.7 Å². The van der Waals surface area contributed by atoms with Crippen molar-refractivity contribution in [1.29, 1.82) is 0 Å². The first-order valence-electron chi connectivity index (χ1n) is 5.61. The zero-order chi connectivity index (χ0) is 13.0. The Hall–Kier alpha value is -1.95. The molecule has 2 rings (SSSR count). The predicted octanol–water partition coefficient (Wildman–Crippen LogP) is 1.55. The van der Waals surface area contributed by atoms with Gasteiger partial charge in [0.2, 0.25) is 5.95 Å². The summed E-state index contributed by atoms with van der Waals surface area (Å²) in [6.45, 7) is 2.77. The van der Waals surface area contributed by atoms with E-state index in [2.05, 4.69) is 45.8 Å². The molecule has 0 fully saturated rings. The lowest BCUT2D eigenvalue weighted by Crippen LogP contribution is -2.24. The van der Waals surface area contributed by atoms with Crippen molar-refractivity contribution >= 4 is 23.3 Å². The number of nitrogens with zero attached hydrogens (tertiary/aromatic N) is 3. The third-order valence-corrected chi connectivity index (χ3v) is 2.72. The zero-order valence-corrected chi connectivity index (χ0v) is 11.2. The van der Waals surface area contributed by atoms with Crippen LogP contribution in [-0.4, -0.2) is 26.9 Å². The maximum Gasteiger partial charge on any atom is 0.248 e. The predicted molar refractivity (Wildman–Crippen MR) is 75.6 cm³/mol. The van der Waals surface area contributed by atoms with Crippen molar-refractivity contribution in [1.82, 2.24) is 20.1 Å². The fraction of sp³-hybridized carbons (Fsp3) is 0.250. The summed E-state index contributed by atoms with van der Waals surface area (Å²) >= 11 is 4.98. The first-order valence-corrected chi connectivity index (χ1v) is 6.02. The average Bonchev–Trinajstić information content (AvgIpc) is 2.76. The van der Waals surface area contributed by atoms with E-state index in [0.29, 0.717) is 17.6 Å². The molecule has 0 atom stereocenters. The molecule has 5 nitrogen and oxygen atoms in total. The monoisotopic (exact) mass is 261 g/mol. The van der Waals surface area contributed by atoms with Crippen molar-refractivity contribution in [2.45, 2.75) is 13.5 Å². The Morgan fingerprint density at radius 3 is 3.00 bits per heavy atom. The second-order valence-corrected chi connectivity index (χ2v) is 4.37. The van der Waals surface area contributed by atoms with E-state index in [0.717, 1.165) is 0 Å². The van der Waals surface area contributed by atoms with Crippen LogP contribution in [-0.2, 0) is 6.54 Å². The van der Waals surface area contributed by atoms with Crippen molar-refractivity contribution in [3.05, 3.63) is 41.7 Å². The Morgan fingerprint density at radius 1 is 1.44 bits per heavy atom. The zero-order valence-electron chi connectivity index (χ0n) is 10.3. The number of hydrogen-bond donors (Lipinski definition) is 2. The molecule has 6 heteroatoms. The number of rotatable bonds is 3. The molecule has 18 heavy (non-hydrogen) atoms. The van der Waals surface area contributed by atoms with E-state index < -0.39 is 0 Å². The van der Waals surface area contributed by atoms with Gasteiger partial charge in [0, 0.05) is 7.05 Å². The van der Waals surface area contributed by atoms with Crippen LogP contribution >= 0.6 is 12.2 Å². The Balaban J connectivity index is 2.04. The van der Waals surface area contributed by atoms with Crippen molar-refractivity contribution < 1.29 is 0 Å². The minimum atomic E-state index is 0.502. The summed E-state index contributed by atoms with van der Waals surface area (Å²) in [5.41, 5.74) is 2.44. The Morgan fingerprint density at radius 2 is 2.28 bits per heavy atom. The van der Waals surface area contributed by atoms with E-state index in [1.807, 2.05) is 6.07 Å². The molecule has 94 valence electrons.